The molecule has 2 aromatic rings. The van der Waals surface area contributed by atoms with E-state index >= 15 is 4.39 Å². The van der Waals surface area contributed by atoms with Gasteiger partial charge in [-0.15, -0.1) is 0 Å². The van der Waals surface area contributed by atoms with Crippen molar-refractivity contribution in [2.24, 2.45) is 17.8 Å². The van der Waals surface area contributed by atoms with E-state index in [2.05, 4.69) is 5.32 Å². The van der Waals surface area contributed by atoms with Gasteiger partial charge in [-0.05, 0) is 81.3 Å². The molecule has 0 atom stereocenters. The molecule has 0 spiro atoms. The van der Waals surface area contributed by atoms with E-state index in [1.807, 2.05) is 22.8 Å². The van der Waals surface area contributed by atoms with Crippen molar-refractivity contribution in [1.82, 2.24) is 9.88 Å². The maximum absolute atomic E-state index is 15.3. The summed E-state index contributed by atoms with van der Waals surface area (Å²) in [6.07, 6.45) is 8.45. The molecule has 4 nitrogen and oxygen atoms in total. The summed E-state index contributed by atoms with van der Waals surface area (Å²) in [6, 6.07) is 7.31. The molecule has 1 aromatic heterocycles. The first-order chi connectivity index (χ1) is 13.6. The van der Waals surface area contributed by atoms with Gasteiger partial charge in [0, 0.05) is 24.1 Å². The number of nitrogens with one attached hydrogen (secondary N) is 1. The molecule has 1 amide bonds. The topological polar surface area (TPSA) is 54.3 Å². The summed E-state index contributed by atoms with van der Waals surface area (Å²) in [5.74, 6) is 1.51. The lowest BCUT2D eigenvalue weighted by molar-refractivity contribution is -0.0169. The summed E-state index contributed by atoms with van der Waals surface area (Å²) < 4.78 is 17.1. The maximum atomic E-state index is 15.3. The first kappa shape index (κ1) is 18.2. The molecule has 4 fully saturated rings. The minimum atomic E-state index is -0.415. The highest BCUT2D eigenvalue weighted by molar-refractivity contribution is 5.99. The third-order valence-electron chi connectivity index (χ3n) is 7.33. The number of carbonyl (C=O) groups excluding carboxylic acids is 1. The van der Waals surface area contributed by atoms with Crippen molar-refractivity contribution in [3.05, 3.63) is 35.8 Å². The lowest BCUT2D eigenvalue weighted by Gasteiger charge is -2.56. The Morgan fingerprint density at radius 3 is 2.39 bits per heavy atom. The van der Waals surface area contributed by atoms with Crippen LogP contribution in [0.4, 0.5) is 4.39 Å². The van der Waals surface area contributed by atoms with Crippen molar-refractivity contribution in [3.8, 4) is 0 Å². The highest BCUT2D eigenvalue weighted by Crippen LogP contribution is 2.55. The second-order valence-corrected chi connectivity index (χ2v) is 9.41. The SMILES string of the molecule is O=C(NC12CC3CC(CC(C3)C1)C2)c1c(F)c2ccccc2n1CCCCO. The van der Waals surface area contributed by atoms with E-state index in [1.165, 1.54) is 19.3 Å². The van der Waals surface area contributed by atoms with E-state index in [0.29, 0.717) is 24.8 Å². The van der Waals surface area contributed by atoms with Gasteiger partial charge in [0.15, 0.2) is 5.82 Å². The number of aromatic nitrogens is 1. The van der Waals surface area contributed by atoms with Crippen LogP contribution in [0, 0.1) is 23.6 Å². The average molecular weight is 384 g/mol. The third kappa shape index (κ3) is 2.95. The highest BCUT2D eigenvalue weighted by Gasteiger charge is 2.51. The summed E-state index contributed by atoms with van der Waals surface area (Å²) in [5, 5.41) is 12.9. The lowest BCUT2D eigenvalue weighted by atomic mass is 9.53. The van der Waals surface area contributed by atoms with Crippen molar-refractivity contribution in [3.63, 3.8) is 0 Å². The molecule has 1 aromatic carbocycles. The molecule has 4 saturated carbocycles. The smallest absolute Gasteiger partial charge is 0.271 e. The number of benzene rings is 1. The number of aryl methyl sites for hydroxylation is 1. The zero-order chi connectivity index (χ0) is 19.3. The van der Waals surface area contributed by atoms with Crippen LogP contribution in [0.15, 0.2) is 24.3 Å². The Morgan fingerprint density at radius 2 is 1.75 bits per heavy atom. The van der Waals surface area contributed by atoms with Gasteiger partial charge in [0.1, 0.15) is 5.69 Å². The van der Waals surface area contributed by atoms with Gasteiger partial charge in [-0.3, -0.25) is 4.79 Å². The molecular formula is C23H29FN2O2. The molecule has 0 aliphatic heterocycles. The number of carbonyl (C=O) groups is 1. The normalized spacial score (nSPS) is 30.9. The summed E-state index contributed by atoms with van der Waals surface area (Å²) in [5.41, 5.74) is 0.786. The molecule has 150 valence electrons. The second-order valence-electron chi connectivity index (χ2n) is 9.41. The van der Waals surface area contributed by atoms with E-state index in [-0.39, 0.29) is 23.7 Å². The number of amides is 1. The molecular weight excluding hydrogens is 355 g/mol. The van der Waals surface area contributed by atoms with Gasteiger partial charge in [-0.25, -0.2) is 4.39 Å². The van der Waals surface area contributed by atoms with Crippen LogP contribution in [-0.4, -0.2) is 27.7 Å². The van der Waals surface area contributed by atoms with Crippen LogP contribution in [0.2, 0.25) is 0 Å². The Labute approximate surface area is 165 Å². The number of aliphatic hydroxyl groups is 1. The molecule has 2 N–H and O–H groups in total. The molecule has 4 bridgehead atoms. The van der Waals surface area contributed by atoms with Crippen molar-refractivity contribution in [2.75, 3.05) is 6.61 Å². The monoisotopic (exact) mass is 384 g/mol. The van der Waals surface area contributed by atoms with Crippen LogP contribution < -0.4 is 5.32 Å². The van der Waals surface area contributed by atoms with E-state index in [9.17, 15) is 4.79 Å². The number of fused-ring (bicyclic) bond motifs is 1. The molecule has 1 heterocycles. The number of aliphatic hydroxyl groups excluding tert-OH is 1. The van der Waals surface area contributed by atoms with Crippen LogP contribution in [0.3, 0.4) is 0 Å². The molecule has 0 saturated heterocycles. The number of hydrogen-bond acceptors (Lipinski definition) is 2. The lowest BCUT2D eigenvalue weighted by Crippen LogP contribution is -2.60. The van der Waals surface area contributed by atoms with Crippen molar-refractivity contribution in [2.45, 2.75) is 63.5 Å². The summed E-state index contributed by atoms with van der Waals surface area (Å²) in [4.78, 5) is 13.4. The number of para-hydroxylation sites is 1. The Kier molecular flexibility index (Phi) is 4.46. The molecule has 0 radical (unpaired) electrons. The summed E-state index contributed by atoms with van der Waals surface area (Å²) in [6.45, 7) is 0.644. The van der Waals surface area contributed by atoms with Crippen LogP contribution in [0.25, 0.3) is 10.9 Å². The Hall–Kier alpha value is -1.88. The molecule has 28 heavy (non-hydrogen) atoms. The van der Waals surface area contributed by atoms with Gasteiger partial charge in [0.2, 0.25) is 0 Å². The number of rotatable bonds is 6. The predicted molar refractivity (Wildman–Crippen MR) is 107 cm³/mol. The van der Waals surface area contributed by atoms with E-state index in [4.69, 9.17) is 5.11 Å². The van der Waals surface area contributed by atoms with Gasteiger partial charge in [0.25, 0.3) is 5.91 Å². The van der Waals surface area contributed by atoms with Gasteiger partial charge in [-0.2, -0.15) is 0 Å². The van der Waals surface area contributed by atoms with E-state index in [1.54, 1.807) is 6.07 Å². The quantitative estimate of drug-likeness (QED) is 0.732. The summed E-state index contributed by atoms with van der Waals surface area (Å²) >= 11 is 0. The third-order valence-corrected chi connectivity index (χ3v) is 7.33. The molecule has 6 rings (SSSR count). The van der Waals surface area contributed by atoms with E-state index < -0.39 is 5.82 Å². The number of unbranched alkanes of at least 4 members (excludes halogenated alkanes) is 1. The Bertz CT molecular complexity index is 868. The van der Waals surface area contributed by atoms with Gasteiger partial charge < -0.3 is 15.0 Å². The largest absolute Gasteiger partial charge is 0.396 e. The number of halogens is 1. The molecule has 4 aliphatic rings. The number of nitrogens with zero attached hydrogens (tertiary/aromatic N) is 1. The molecule has 4 aliphatic carbocycles. The first-order valence-corrected chi connectivity index (χ1v) is 10.8. The first-order valence-electron chi connectivity index (χ1n) is 10.8. The summed E-state index contributed by atoms with van der Waals surface area (Å²) in [7, 11) is 0. The molecule has 0 unspecified atom stereocenters. The van der Waals surface area contributed by atoms with E-state index in [0.717, 1.165) is 42.5 Å². The van der Waals surface area contributed by atoms with Crippen molar-refractivity contribution < 1.29 is 14.3 Å². The van der Waals surface area contributed by atoms with Gasteiger partial charge >= 0.3 is 0 Å². The fourth-order valence-electron chi connectivity index (χ4n) is 6.66. The fourth-order valence-corrected chi connectivity index (χ4v) is 6.66. The zero-order valence-corrected chi connectivity index (χ0v) is 16.3. The highest BCUT2D eigenvalue weighted by atomic mass is 19.1. The predicted octanol–water partition coefficient (Wildman–Crippen LogP) is 4.25. The fraction of sp³-hybridized carbons (Fsp3) is 0.609. The Balaban J connectivity index is 1.47. The number of hydrogen-bond donors (Lipinski definition) is 2. The van der Waals surface area contributed by atoms with Crippen LogP contribution in [0.1, 0.15) is 61.9 Å². The standard InChI is InChI=1S/C23H29FN2O2/c24-20-18-5-1-2-6-19(18)26(7-3-4-8-27)21(20)22(28)25-23-12-15-9-16(13-23)11-17(10-15)14-23/h1-2,5-6,15-17,27H,3-4,7-14H2,(H,25,28). The van der Waals surface area contributed by atoms with Gasteiger partial charge in [-0.1, -0.05) is 12.1 Å². The second kappa shape index (κ2) is 6.87. The van der Waals surface area contributed by atoms with Crippen LogP contribution in [-0.2, 0) is 6.54 Å². The molecule has 5 heteroatoms. The zero-order valence-electron chi connectivity index (χ0n) is 16.3. The van der Waals surface area contributed by atoms with Crippen LogP contribution in [0.5, 0.6) is 0 Å². The minimum Gasteiger partial charge on any atom is -0.396 e. The average Bonchev–Trinajstić information content (AvgIpc) is 2.93. The maximum Gasteiger partial charge on any atom is 0.271 e. The van der Waals surface area contributed by atoms with Gasteiger partial charge in [0.05, 0.1) is 5.52 Å². The minimum absolute atomic E-state index is 0.108. The van der Waals surface area contributed by atoms with Crippen molar-refractivity contribution >= 4 is 16.8 Å². The van der Waals surface area contributed by atoms with Crippen molar-refractivity contribution in [1.29, 1.82) is 0 Å². The van der Waals surface area contributed by atoms with Crippen LogP contribution >= 0.6 is 0 Å². The Morgan fingerprint density at radius 1 is 1.11 bits per heavy atom.